The van der Waals surface area contributed by atoms with Crippen molar-refractivity contribution in [3.8, 4) is 17.2 Å². The maximum absolute atomic E-state index is 12.6. The van der Waals surface area contributed by atoms with E-state index in [0.717, 1.165) is 31.2 Å². The van der Waals surface area contributed by atoms with Gasteiger partial charge in [0.2, 0.25) is 5.75 Å². The lowest BCUT2D eigenvalue weighted by Gasteiger charge is -2.32. The smallest absolute Gasteiger partial charge is 0.306 e. The van der Waals surface area contributed by atoms with Gasteiger partial charge in [-0.05, 0) is 43.9 Å². The molecule has 0 spiro atoms. The number of carbonyl (C=O) groups excluding carboxylic acids is 2. The van der Waals surface area contributed by atoms with Gasteiger partial charge in [-0.3, -0.25) is 9.59 Å². The van der Waals surface area contributed by atoms with E-state index in [1.54, 1.807) is 52.3 Å². The molecule has 0 radical (unpaired) electrons. The number of likely N-dealkylation sites (N-methyl/N-ethyl adjacent to an activating group) is 1. The third-order valence-corrected chi connectivity index (χ3v) is 5.47. The van der Waals surface area contributed by atoms with Crippen LogP contribution in [0.25, 0.3) is 0 Å². The number of ether oxygens (including phenoxy) is 4. The quantitative estimate of drug-likeness (QED) is 0.585. The zero-order valence-electron chi connectivity index (χ0n) is 18.2. The molecule has 0 N–H and O–H groups in total. The number of rotatable bonds is 9. The third-order valence-electron chi connectivity index (χ3n) is 5.47. The largest absolute Gasteiger partial charge is 0.493 e. The second kappa shape index (κ2) is 10.9. The van der Waals surface area contributed by atoms with E-state index < -0.39 is 12.1 Å². The molecule has 1 atom stereocenters. The molecule has 0 unspecified atom stereocenters. The van der Waals surface area contributed by atoms with Crippen LogP contribution in [0.5, 0.6) is 17.2 Å². The average Bonchev–Trinajstić information content (AvgIpc) is 2.76. The van der Waals surface area contributed by atoms with Gasteiger partial charge in [0.1, 0.15) is 0 Å². The summed E-state index contributed by atoms with van der Waals surface area (Å²) in [7, 11) is 6.44. The van der Waals surface area contributed by atoms with Gasteiger partial charge < -0.3 is 23.8 Å². The molecule has 1 fully saturated rings. The van der Waals surface area contributed by atoms with Crippen molar-refractivity contribution < 1.29 is 28.5 Å². The lowest BCUT2D eigenvalue weighted by Crippen LogP contribution is -2.44. The first-order valence-electron chi connectivity index (χ1n) is 10.2. The standard InChI is InChI=1S/C22H33NO6/c1-15(22(25)23(2)17-9-7-6-8-10-17)29-20(24)12-11-16-13-18(26-3)21(28-5)19(14-16)27-4/h13-15,17H,6-12H2,1-5H3/t15-/m1/s1. The van der Waals surface area contributed by atoms with Gasteiger partial charge in [-0.1, -0.05) is 19.3 Å². The van der Waals surface area contributed by atoms with Crippen molar-refractivity contribution in [2.45, 2.75) is 64.0 Å². The average molecular weight is 408 g/mol. The number of hydrogen-bond donors (Lipinski definition) is 0. The predicted molar refractivity (Wildman–Crippen MR) is 110 cm³/mol. The van der Waals surface area contributed by atoms with Crippen LogP contribution in [0, 0.1) is 0 Å². The van der Waals surface area contributed by atoms with Gasteiger partial charge >= 0.3 is 5.97 Å². The summed E-state index contributed by atoms with van der Waals surface area (Å²) in [6, 6.07) is 3.86. The Balaban J connectivity index is 1.91. The van der Waals surface area contributed by atoms with Crippen LogP contribution in [0.1, 0.15) is 51.0 Å². The van der Waals surface area contributed by atoms with Crippen LogP contribution in [-0.2, 0) is 20.7 Å². The lowest BCUT2D eigenvalue weighted by molar-refractivity contribution is -0.159. The molecule has 29 heavy (non-hydrogen) atoms. The van der Waals surface area contributed by atoms with Crippen molar-refractivity contribution >= 4 is 11.9 Å². The van der Waals surface area contributed by atoms with Crippen LogP contribution in [0.2, 0.25) is 0 Å². The molecular formula is C22H33NO6. The van der Waals surface area contributed by atoms with Gasteiger partial charge in [-0.2, -0.15) is 0 Å². The number of hydrogen-bond acceptors (Lipinski definition) is 6. The molecule has 1 saturated carbocycles. The van der Waals surface area contributed by atoms with Crippen molar-refractivity contribution in [2.24, 2.45) is 0 Å². The molecule has 0 aliphatic heterocycles. The molecule has 0 aromatic heterocycles. The minimum atomic E-state index is -0.783. The predicted octanol–water partition coefficient (Wildman–Crippen LogP) is 3.37. The summed E-state index contributed by atoms with van der Waals surface area (Å²) in [5, 5.41) is 0. The monoisotopic (exact) mass is 407 g/mol. The van der Waals surface area contributed by atoms with Crippen LogP contribution in [0.15, 0.2) is 12.1 Å². The fourth-order valence-corrected chi connectivity index (χ4v) is 3.77. The van der Waals surface area contributed by atoms with Gasteiger partial charge in [0.15, 0.2) is 17.6 Å². The zero-order valence-corrected chi connectivity index (χ0v) is 18.2. The zero-order chi connectivity index (χ0) is 21.4. The molecule has 0 heterocycles. The minimum absolute atomic E-state index is 0.141. The van der Waals surface area contributed by atoms with E-state index in [1.807, 2.05) is 0 Å². The summed E-state index contributed by atoms with van der Waals surface area (Å²) in [5.41, 5.74) is 0.856. The number of aryl methyl sites for hydroxylation is 1. The van der Waals surface area contributed by atoms with Crippen LogP contribution in [0.3, 0.4) is 0 Å². The highest BCUT2D eigenvalue weighted by molar-refractivity contribution is 5.83. The number of benzene rings is 1. The SMILES string of the molecule is COc1cc(CCC(=O)O[C@H](C)C(=O)N(C)C2CCCCC2)cc(OC)c1OC. The van der Waals surface area contributed by atoms with Crippen LogP contribution in [0.4, 0.5) is 0 Å². The highest BCUT2D eigenvalue weighted by atomic mass is 16.5. The van der Waals surface area contributed by atoms with Gasteiger partial charge in [-0.15, -0.1) is 0 Å². The maximum Gasteiger partial charge on any atom is 0.306 e. The Morgan fingerprint density at radius 2 is 1.62 bits per heavy atom. The molecule has 162 valence electrons. The molecule has 2 rings (SSSR count). The Kier molecular flexibility index (Phi) is 8.61. The molecule has 7 nitrogen and oxygen atoms in total. The van der Waals surface area contributed by atoms with Crippen LogP contribution >= 0.6 is 0 Å². The van der Waals surface area contributed by atoms with E-state index in [0.29, 0.717) is 23.7 Å². The van der Waals surface area contributed by atoms with Crippen molar-refractivity contribution in [3.05, 3.63) is 17.7 Å². The topological polar surface area (TPSA) is 74.3 Å². The molecular weight excluding hydrogens is 374 g/mol. The van der Waals surface area contributed by atoms with Crippen LogP contribution < -0.4 is 14.2 Å². The van der Waals surface area contributed by atoms with Crippen LogP contribution in [-0.4, -0.2) is 57.3 Å². The molecule has 1 aromatic carbocycles. The molecule has 1 aliphatic carbocycles. The number of carbonyl (C=O) groups is 2. The Morgan fingerprint density at radius 3 is 2.14 bits per heavy atom. The highest BCUT2D eigenvalue weighted by Gasteiger charge is 2.27. The van der Waals surface area contributed by atoms with Crippen molar-refractivity contribution in [1.29, 1.82) is 0 Å². The first kappa shape index (κ1) is 22.8. The normalized spacial score (nSPS) is 15.3. The number of amides is 1. The third kappa shape index (κ3) is 6.02. The van der Waals surface area contributed by atoms with Gasteiger partial charge in [-0.25, -0.2) is 0 Å². The summed E-state index contributed by atoms with van der Waals surface area (Å²) >= 11 is 0. The highest BCUT2D eigenvalue weighted by Crippen LogP contribution is 2.38. The van der Waals surface area contributed by atoms with Gasteiger partial charge in [0.05, 0.1) is 21.3 Å². The summed E-state index contributed by atoms with van der Waals surface area (Å²) in [4.78, 5) is 26.6. The van der Waals surface area contributed by atoms with Crippen molar-refractivity contribution in [1.82, 2.24) is 4.90 Å². The molecule has 0 bridgehead atoms. The maximum atomic E-state index is 12.6. The second-order valence-electron chi connectivity index (χ2n) is 7.41. The fraction of sp³-hybridized carbons (Fsp3) is 0.636. The Morgan fingerprint density at radius 1 is 1.03 bits per heavy atom. The number of methoxy groups -OCH3 is 3. The van der Waals surface area contributed by atoms with Crippen molar-refractivity contribution in [3.63, 3.8) is 0 Å². The Hall–Kier alpha value is -2.44. The minimum Gasteiger partial charge on any atom is -0.493 e. The molecule has 1 amide bonds. The van der Waals surface area contributed by atoms with E-state index in [2.05, 4.69) is 0 Å². The second-order valence-corrected chi connectivity index (χ2v) is 7.41. The van der Waals surface area contributed by atoms with E-state index in [4.69, 9.17) is 18.9 Å². The van der Waals surface area contributed by atoms with Gasteiger partial charge in [0.25, 0.3) is 5.91 Å². The fourth-order valence-electron chi connectivity index (χ4n) is 3.77. The first-order valence-corrected chi connectivity index (χ1v) is 10.2. The Labute approximate surface area is 173 Å². The molecule has 7 heteroatoms. The van der Waals surface area contributed by atoms with Crippen molar-refractivity contribution in [2.75, 3.05) is 28.4 Å². The molecule has 1 aliphatic rings. The lowest BCUT2D eigenvalue weighted by atomic mass is 9.94. The van der Waals surface area contributed by atoms with E-state index >= 15 is 0 Å². The van der Waals surface area contributed by atoms with Gasteiger partial charge in [0, 0.05) is 19.5 Å². The molecule has 1 aromatic rings. The molecule has 0 saturated heterocycles. The summed E-state index contributed by atoms with van der Waals surface area (Å²) in [6.45, 7) is 1.64. The number of esters is 1. The first-order chi connectivity index (χ1) is 13.9. The van der Waals surface area contributed by atoms with E-state index in [1.165, 1.54) is 6.42 Å². The Bertz CT molecular complexity index is 674. The number of nitrogens with zero attached hydrogens (tertiary/aromatic N) is 1. The van der Waals surface area contributed by atoms with E-state index in [9.17, 15) is 9.59 Å². The summed E-state index contributed by atoms with van der Waals surface area (Å²) in [5.74, 6) is 1.03. The summed E-state index contributed by atoms with van der Waals surface area (Å²) < 4.78 is 21.4. The van der Waals surface area contributed by atoms with E-state index in [-0.39, 0.29) is 18.4 Å². The summed E-state index contributed by atoms with van der Waals surface area (Å²) in [6.07, 6.45) is 5.36.